The van der Waals surface area contributed by atoms with Crippen LogP contribution in [0.2, 0.25) is 0 Å². The number of amides is 1. The van der Waals surface area contributed by atoms with Gasteiger partial charge in [0.1, 0.15) is 0 Å². The number of carbonyl (C=O) groups is 1. The highest BCUT2D eigenvalue weighted by molar-refractivity contribution is 8.03. The number of halogens is 3. The molecule has 2 aromatic rings. The molecule has 1 aliphatic carbocycles. The van der Waals surface area contributed by atoms with Gasteiger partial charge >= 0.3 is 18.0 Å². The van der Waals surface area contributed by atoms with Gasteiger partial charge in [-0.15, -0.1) is 0 Å². The summed E-state index contributed by atoms with van der Waals surface area (Å²) in [6.07, 6.45) is -0.384. The van der Waals surface area contributed by atoms with Gasteiger partial charge < -0.3 is 5.32 Å². The monoisotopic (exact) mass is 528 g/mol. The molecule has 2 heterocycles. The number of rotatable bonds is 5. The number of hydrogen-bond donors (Lipinski definition) is 2. The maximum atomic E-state index is 13.9. The maximum absolute atomic E-state index is 13.9. The van der Waals surface area contributed by atoms with Crippen molar-refractivity contribution in [3.63, 3.8) is 0 Å². The molecule has 1 saturated carbocycles. The zero-order valence-corrected chi connectivity index (χ0v) is 21.5. The minimum absolute atomic E-state index is 0.0645. The molecule has 10 heteroatoms. The zero-order chi connectivity index (χ0) is 26.4. The Morgan fingerprint density at radius 3 is 2.46 bits per heavy atom. The summed E-state index contributed by atoms with van der Waals surface area (Å²) in [7, 11) is 3.61. The van der Waals surface area contributed by atoms with E-state index in [1.54, 1.807) is 14.1 Å². The van der Waals surface area contributed by atoms with Gasteiger partial charge in [-0.2, -0.15) is 17.7 Å². The lowest BCUT2D eigenvalue weighted by Crippen LogP contribution is -2.65. The molecule has 2 aromatic carbocycles. The van der Waals surface area contributed by atoms with Crippen LogP contribution < -0.4 is 5.32 Å². The molecule has 0 radical (unpaired) electrons. The van der Waals surface area contributed by atoms with Gasteiger partial charge in [-0.1, -0.05) is 54.9 Å². The number of fused-ring (bicyclic) bond motifs is 3. The highest BCUT2D eigenvalue weighted by Crippen LogP contribution is 2.39. The van der Waals surface area contributed by atoms with Crippen molar-refractivity contribution < 1.29 is 22.4 Å². The molecule has 5 rings (SSSR count). The number of aliphatic imine (C=N–C) groups is 1. The number of nitrogens with zero attached hydrogens (tertiary/aromatic N) is 3. The summed E-state index contributed by atoms with van der Waals surface area (Å²) >= 11 is 1.34. The molecule has 2 unspecified atom stereocenters. The lowest BCUT2D eigenvalue weighted by Gasteiger charge is -2.41. The van der Waals surface area contributed by atoms with Crippen LogP contribution in [0.1, 0.15) is 36.8 Å². The number of alkyl halides is 3. The van der Waals surface area contributed by atoms with Crippen molar-refractivity contribution >= 4 is 29.5 Å². The predicted molar refractivity (Wildman–Crippen MR) is 138 cm³/mol. The number of hydrogen-bond acceptors (Lipinski definition) is 5. The second kappa shape index (κ2) is 9.64. The summed E-state index contributed by atoms with van der Waals surface area (Å²) in [5, 5.41) is 12.9. The Bertz CT molecular complexity index is 1270. The molecule has 3 aliphatic rings. The number of guanidine groups is 1. The number of benzene rings is 2. The van der Waals surface area contributed by atoms with Gasteiger partial charge in [0.15, 0.2) is 11.4 Å². The first-order valence-electron chi connectivity index (χ1n) is 12.3. The van der Waals surface area contributed by atoms with Crippen LogP contribution in [0.5, 0.6) is 0 Å². The number of nitrogens with one attached hydrogen (secondary N) is 2. The SMILES string of the molecule is C[N+]1(C)C(=O)C(=C(NCc2ccc(C(F)(F)F)cc2)Sc2ccccc2)C(=N)N2C1=NC1CCCCC12. The Hall–Kier alpha value is -3.11. The smallest absolute Gasteiger partial charge is 0.375 e. The second-order valence-corrected chi connectivity index (χ2v) is 11.1. The molecule has 2 N–H and O–H groups in total. The fourth-order valence-corrected chi connectivity index (χ4v) is 6.11. The van der Waals surface area contributed by atoms with Crippen molar-refractivity contribution in [3.8, 4) is 0 Å². The van der Waals surface area contributed by atoms with E-state index >= 15 is 0 Å². The van der Waals surface area contributed by atoms with Crippen LogP contribution >= 0.6 is 11.8 Å². The van der Waals surface area contributed by atoms with Crippen molar-refractivity contribution in [2.24, 2.45) is 4.99 Å². The van der Waals surface area contributed by atoms with Crippen molar-refractivity contribution in [1.82, 2.24) is 10.2 Å². The van der Waals surface area contributed by atoms with E-state index in [0.717, 1.165) is 42.7 Å². The highest BCUT2D eigenvalue weighted by atomic mass is 32.2. The standard InChI is InChI=1S/C27H28F3N5OS/c1-35(2)25(36)22(23(31)34-21-11-7-6-10-20(21)33-26(34)35)24(37-19-8-4-3-5-9-19)32-16-17-12-14-18(15-13-17)27(28,29)30/h3-5,8-9,12-15,20-21H,6-7,10-11,16H2,1-2H3,(H-,31,32,36)/p+1. The summed E-state index contributed by atoms with van der Waals surface area (Å²) in [5.41, 5.74) is 0.203. The normalized spacial score (nSPS) is 24.4. The number of amidine groups is 1. The van der Waals surface area contributed by atoms with E-state index < -0.39 is 11.7 Å². The molecule has 1 saturated heterocycles. The third-order valence-electron chi connectivity index (χ3n) is 7.15. The summed E-state index contributed by atoms with van der Waals surface area (Å²) in [6.45, 7) is 0.206. The number of quaternary nitrogens is 1. The first kappa shape index (κ1) is 25.5. The Morgan fingerprint density at radius 2 is 1.78 bits per heavy atom. The van der Waals surface area contributed by atoms with E-state index in [1.807, 2.05) is 35.2 Å². The minimum Gasteiger partial charge on any atom is -0.375 e. The van der Waals surface area contributed by atoms with Crippen LogP contribution in [0, 0.1) is 5.41 Å². The number of carbonyl (C=O) groups excluding carboxylic acids is 1. The van der Waals surface area contributed by atoms with Crippen molar-refractivity contribution in [2.75, 3.05) is 14.1 Å². The lowest BCUT2D eigenvalue weighted by molar-refractivity contribution is -0.722. The van der Waals surface area contributed by atoms with E-state index in [9.17, 15) is 18.0 Å². The topological polar surface area (TPSA) is 68.6 Å². The first-order valence-corrected chi connectivity index (χ1v) is 13.1. The average molecular weight is 529 g/mol. The minimum atomic E-state index is -4.40. The van der Waals surface area contributed by atoms with Crippen molar-refractivity contribution in [1.29, 1.82) is 5.41 Å². The Balaban J connectivity index is 1.52. The second-order valence-electron chi connectivity index (χ2n) is 9.99. The molecule has 2 fully saturated rings. The van der Waals surface area contributed by atoms with Crippen molar-refractivity contribution in [3.05, 3.63) is 76.3 Å². The van der Waals surface area contributed by atoms with Crippen LogP contribution in [0.4, 0.5) is 13.2 Å². The van der Waals surface area contributed by atoms with Gasteiger partial charge in [-0.25, -0.2) is 9.79 Å². The third kappa shape index (κ3) is 4.80. The predicted octanol–water partition coefficient (Wildman–Crippen LogP) is 5.38. The Kier molecular flexibility index (Phi) is 6.66. The molecule has 2 aliphatic heterocycles. The molecule has 0 spiro atoms. The lowest BCUT2D eigenvalue weighted by atomic mass is 9.90. The molecule has 1 amide bonds. The Labute approximate surface area is 218 Å². The summed E-state index contributed by atoms with van der Waals surface area (Å²) < 4.78 is 38.9. The van der Waals surface area contributed by atoms with Gasteiger partial charge in [0.25, 0.3) is 0 Å². The summed E-state index contributed by atoms with van der Waals surface area (Å²) in [5.74, 6) is 0.508. The molecule has 194 valence electrons. The molecule has 6 nitrogen and oxygen atoms in total. The van der Waals surface area contributed by atoms with Gasteiger partial charge in [-0.3, -0.25) is 10.3 Å². The van der Waals surface area contributed by atoms with Crippen LogP contribution in [-0.4, -0.2) is 53.3 Å². The molecular formula is C27H29F3N5OS+. The van der Waals surface area contributed by atoms with Gasteiger partial charge in [-0.05, 0) is 42.7 Å². The number of likely N-dealkylation sites (N-methyl/N-ethyl adjacent to an activating group) is 1. The average Bonchev–Trinajstić information content (AvgIpc) is 3.28. The van der Waals surface area contributed by atoms with Crippen LogP contribution in [0.15, 0.2) is 75.1 Å². The summed E-state index contributed by atoms with van der Waals surface area (Å²) in [4.78, 5) is 21.6. The fourth-order valence-electron chi connectivity index (χ4n) is 5.15. The molecule has 0 aromatic heterocycles. The molecular weight excluding hydrogens is 499 g/mol. The van der Waals surface area contributed by atoms with E-state index in [-0.39, 0.29) is 40.4 Å². The molecule has 37 heavy (non-hydrogen) atoms. The largest absolute Gasteiger partial charge is 0.416 e. The van der Waals surface area contributed by atoms with Crippen LogP contribution in [0.25, 0.3) is 0 Å². The summed E-state index contributed by atoms with van der Waals surface area (Å²) in [6, 6.07) is 14.6. The maximum Gasteiger partial charge on any atom is 0.416 e. The van der Waals surface area contributed by atoms with Crippen LogP contribution in [0.3, 0.4) is 0 Å². The van der Waals surface area contributed by atoms with E-state index in [0.29, 0.717) is 16.6 Å². The van der Waals surface area contributed by atoms with Gasteiger partial charge in [0.2, 0.25) is 0 Å². The third-order valence-corrected chi connectivity index (χ3v) is 8.21. The number of thioether (sulfide) groups is 1. The van der Waals surface area contributed by atoms with E-state index in [4.69, 9.17) is 10.4 Å². The fraction of sp³-hybridized carbons (Fsp3) is 0.370. The van der Waals surface area contributed by atoms with E-state index in [2.05, 4.69) is 5.32 Å². The van der Waals surface area contributed by atoms with Crippen LogP contribution in [-0.2, 0) is 17.5 Å². The first-order chi connectivity index (χ1) is 17.6. The molecule has 2 atom stereocenters. The highest BCUT2D eigenvalue weighted by Gasteiger charge is 2.56. The Morgan fingerprint density at radius 1 is 1.11 bits per heavy atom. The quantitative estimate of drug-likeness (QED) is 0.311. The van der Waals surface area contributed by atoms with Gasteiger partial charge in [0, 0.05) is 11.4 Å². The zero-order valence-electron chi connectivity index (χ0n) is 20.7. The van der Waals surface area contributed by atoms with Gasteiger partial charge in [0.05, 0.1) is 36.8 Å². The molecule has 0 bridgehead atoms. The van der Waals surface area contributed by atoms with E-state index in [1.165, 1.54) is 23.9 Å². The van der Waals surface area contributed by atoms with Crippen molar-refractivity contribution in [2.45, 2.75) is 55.4 Å².